The Morgan fingerprint density at radius 1 is 1.30 bits per heavy atom. The summed E-state index contributed by atoms with van der Waals surface area (Å²) in [6.45, 7) is 2.98. The summed E-state index contributed by atoms with van der Waals surface area (Å²) < 4.78 is 10.5. The highest BCUT2D eigenvalue weighted by atomic mass is 16.5. The summed E-state index contributed by atoms with van der Waals surface area (Å²) >= 11 is 0. The third kappa shape index (κ3) is 5.47. The number of hydrogen-bond donors (Lipinski definition) is 0. The second kappa shape index (κ2) is 7.73. The van der Waals surface area contributed by atoms with E-state index in [0.29, 0.717) is 19.6 Å². The first kappa shape index (κ1) is 14.6. The zero-order valence-corrected chi connectivity index (χ0v) is 12.0. The molecule has 0 radical (unpaired) electrons. The monoisotopic (exact) mass is 274 g/mol. The highest BCUT2D eigenvalue weighted by Gasteiger charge is 2.21. The zero-order valence-electron chi connectivity index (χ0n) is 12.0. The van der Waals surface area contributed by atoms with Crippen molar-refractivity contribution in [2.75, 3.05) is 13.2 Å². The molecular weight excluding hydrogens is 252 g/mol. The molecule has 1 aliphatic rings. The van der Waals surface area contributed by atoms with Crippen molar-refractivity contribution in [1.29, 1.82) is 0 Å². The van der Waals surface area contributed by atoms with Crippen molar-refractivity contribution in [2.45, 2.75) is 32.6 Å². The average molecular weight is 274 g/mol. The van der Waals surface area contributed by atoms with Crippen molar-refractivity contribution in [3.05, 3.63) is 35.9 Å². The van der Waals surface area contributed by atoms with Crippen molar-refractivity contribution in [3.63, 3.8) is 0 Å². The molecule has 0 bridgehead atoms. The van der Waals surface area contributed by atoms with Crippen LogP contribution in [0.1, 0.15) is 38.2 Å². The third-order valence-electron chi connectivity index (χ3n) is 3.30. The molecule has 0 spiro atoms. The molecule has 3 nitrogen and oxygen atoms in total. The fourth-order valence-corrected chi connectivity index (χ4v) is 1.97. The van der Waals surface area contributed by atoms with Gasteiger partial charge in [0.2, 0.25) is 0 Å². The molecule has 0 unspecified atom stereocenters. The lowest BCUT2D eigenvalue weighted by Gasteiger charge is -2.03. The Hall–Kier alpha value is -1.77. The molecule has 0 aromatic heterocycles. The second-order valence-electron chi connectivity index (χ2n) is 5.07. The van der Waals surface area contributed by atoms with Crippen LogP contribution in [0, 0.1) is 5.92 Å². The van der Waals surface area contributed by atoms with Gasteiger partial charge in [0, 0.05) is 6.42 Å². The van der Waals surface area contributed by atoms with Crippen molar-refractivity contribution in [3.8, 4) is 5.75 Å². The summed E-state index contributed by atoms with van der Waals surface area (Å²) in [5, 5.41) is 0. The summed E-state index contributed by atoms with van der Waals surface area (Å²) in [7, 11) is 0. The smallest absolute Gasteiger partial charge is 0.306 e. The Balaban J connectivity index is 1.65. The van der Waals surface area contributed by atoms with Gasteiger partial charge in [0.25, 0.3) is 0 Å². The van der Waals surface area contributed by atoms with Gasteiger partial charge in [0.05, 0.1) is 6.61 Å². The summed E-state index contributed by atoms with van der Waals surface area (Å²) in [6, 6.07) is 7.84. The summed E-state index contributed by atoms with van der Waals surface area (Å²) in [5.74, 6) is 1.56. The molecular formula is C17H22O3. The van der Waals surface area contributed by atoms with Gasteiger partial charge >= 0.3 is 5.97 Å². The van der Waals surface area contributed by atoms with Gasteiger partial charge in [-0.3, -0.25) is 4.79 Å². The van der Waals surface area contributed by atoms with Crippen LogP contribution in [-0.2, 0) is 9.53 Å². The van der Waals surface area contributed by atoms with E-state index in [9.17, 15) is 4.79 Å². The van der Waals surface area contributed by atoms with Crippen LogP contribution in [0.2, 0.25) is 0 Å². The minimum atomic E-state index is -0.0896. The van der Waals surface area contributed by atoms with Crippen LogP contribution >= 0.6 is 0 Å². The Morgan fingerprint density at radius 2 is 2.05 bits per heavy atom. The van der Waals surface area contributed by atoms with Gasteiger partial charge in [-0.1, -0.05) is 31.1 Å². The van der Waals surface area contributed by atoms with Crippen LogP contribution in [-0.4, -0.2) is 19.2 Å². The van der Waals surface area contributed by atoms with Gasteiger partial charge in [0.1, 0.15) is 12.4 Å². The molecule has 20 heavy (non-hydrogen) atoms. The van der Waals surface area contributed by atoms with Crippen LogP contribution in [0.4, 0.5) is 0 Å². The van der Waals surface area contributed by atoms with E-state index in [0.717, 1.165) is 23.7 Å². The van der Waals surface area contributed by atoms with E-state index in [1.165, 1.54) is 12.8 Å². The highest BCUT2D eigenvalue weighted by molar-refractivity contribution is 5.69. The van der Waals surface area contributed by atoms with E-state index in [2.05, 4.69) is 0 Å². The standard InChI is InChI=1S/C17H22O3/c1-2-19-16-10-7-14(8-11-16)4-3-13-20-17(18)12-9-15-5-6-15/h3-4,7-8,10-11,15H,2,5-6,9,12-13H2,1H3. The Bertz CT molecular complexity index is 444. The molecule has 0 atom stereocenters. The predicted molar refractivity (Wildman–Crippen MR) is 79.6 cm³/mol. The lowest BCUT2D eigenvalue weighted by atomic mass is 10.2. The molecule has 1 aliphatic carbocycles. The maximum Gasteiger partial charge on any atom is 0.306 e. The first-order valence-electron chi connectivity index (χ1n) is 7.33. The van der Waals surface area contributed by atoms with Gasteiger partial charge in [-0.05, 0) is 43.0 Å². The van der Waals surface area contributed by atoms with E-state index in [1.807, 2.05) is 43.3 Å². The van der Waals surface area contributed by atoms with Crippen molar-refractivity contribution < 1.29 is 14.3 Å². The number of ether oxygens (including phenoxy) is 2. The lowest BCUT2D eigenvalue weighted by molar-refractivity contribution is -0.142. The third-order valence-corrected chi connectivity index (χ3v) is 3.30. The molecule has 2 rings (SSSR count). The molecule has 0 amide bonds. The molecule has 3 heteroatoms. The van der Waals surface area contributed by atoms with E-state index in [4.69, 9.17) is 9.47 Å². The van der Waals surface area contributed by atoms with E-state index >= 15 is 0 Å². The molecule has 1 fully saturated rings. The van der Waals surface area contributed by atoms with Gasteiger partial charge in [-0.2, -0.15) is 0 Å². The number of esters is 1. The second-order valence-corrected chi connectivity index (χ2v) is 5.07. The topological polar surface area (TPSA) is 35.5 Å². The van der Waals surface area contributed by atoms with Gasteiger partial charge in [-0.25, -0.2) is 0 Å². The number of benzene rings is 1. The van der Waals surface area contributed by atoms with E-state index in [-0.39, 0.29) is 5.97 Å². The lowest BCUT2D eigenvalue weighted by Crippen LogP contribution is -2.04. The molecule has 0 aliphatic heterocycles. The molecule has 1 aromatic rings. The number of carbonyl (C=O) groups excluding carboxylic acids is 1. The highest BCUT2D eigenvalue weighted by Crippen LogP contribution is 2.33. The summed E-state index contributed by atoms with van der Waals surface area (Å²) in [5.41, 5.74) is 1.07. The Morgan fingerprint density at radius 3 is 2.70 bits per heavy atom. The van der Waals surface area contributed by atoms with Crippen LogP contribution in [0.25, 0.3) is 6.08 Å². The normalized spacial score (nSPS) is 14.4. The maximum absolute atomic E-state index is 11.4. The first-order valence-corrected chi connectivity index (χ1v) is 7.33. The molecule has 0 heterocycles. The minimum absolute atomic E-state index is 0.0896. The number of hydrogen-bond acceptors (Lipinski definition) is 3. The fraction of sp³-hybridized carbons (Fsp3) is 0.471. The van der Waals surface area contributed by atoms with E-state index in [1.54, 1.807) is 0 Å². The Labute approximate surface area is 120 Å². The van der Waals surface area contributed by atoms with Crippen LogP contribution in [0.15, 0.2) is 30.3 Å². The van der Waals surface area contributed by atoms with Crippen molar-refractivity contribution in [1.82, 2.24) is 0 Å². The average Bonchev–Trinajstić information content (AvgIpc) is 3.28. The SMILES string of the molecule is CCOc1ccc(C=CCOC(=O)CCC2CC2)cc1. The van der Waals surface area contributed by atoms with E-state index < -0.39 is 0 Å². The van der Waals surface area contributed by atoms with Crippen molar-refractivity contribution >= 4 is 12.0 Å². The minimum Gasteiger partial charge on any atom is -0.494 e. The molecule has 1 saturated carbocycles. The molecule has 108 valence electrons. The van der Waals surface area contributed by atoms with Gasteiger partial charge in [0.15, 0.2) is 0 Å². The molecule has 0 saturated heterocycles. The van der Waals surface area contributed by atoms with Gasteiger partial charge < -0.3 is 9.47 Å². The number of carbonyl (C=O) groups is 1. The summed E-state index contributed by atoms with van der Waals surface area (Å²) in [4.78, 5) is 11.4. The van der Waals surface area contributed by atoms with Crippen LogP contribution in [0.5, 0.6) is 5.75 Å². The maximum atomic E-state index is 11.4. The fourth-order valence-electron chi connectivity index (χ4n) is 1.97. The zero-order chi connectivity index (χ0) is 14.2. The summed E-state index contributed by atoms with van der Waals surface area (Å²) in [6.07, 6.45) is 7.92. The van der Waals surface area contributed by atoms with Crippen LogP contribution < -0.4 is 4.74 Å². The predicted octanol–water partition coefficient (Wildman–Crippen LogP) is 3.83. The quantitative estimate of drug-likeness (QED) is 0.676. The first-order chi connectivity index (χ1) is 9.78. The van der Waals surface area contributed by atoms with Crippen molar-refractivity contribution in [2.24, 2.45) is 5.92 Å². The Kier molecular flexibility index (Phi) is 5.66. The largest absolute Gasteiger partial charge is 0.494 e. The van der Waals surface area contributed by atoms with Gasteiger partial charge in [-0.15, -0.1) is 0 Å². The molecule has 1 aromatic carbocycles. The van der Waals surface area contributed by atoms with Crippen LogP contribution in [0.3, 0.4) is 0 Å². The number of rotatable bonds is 8. The molecule has 0 N–H and O–H groups in total.